The second-order valence-electron chi connectivity index (χ2n) is 7.90. The maximum absolute atomic E-state index is 5.98. The van der Waals surface area contributed by atoms with E-state index in [2.05, 4.69) is 43.5 Å². The highest BCUT2D eigenvalue weighted by Gasteiger charge is 2.33. The van der Waals surface area contributed by atoms with Crippen LogP contribution in [0.5, 0.6) is 0 Å². The summed E-state index contributed by atoms with van der Waals surface area (Å²) in [6.45, 7) is 4.80. The van der Waals surface area contributed by atoms with E-state index >= 15 is 0 Å². The SMILES string of the molecule is CC1(C)CCC(C(NN)c2ccccc2C2CCC2)CC1. The molecule has 2 nitrogen and oxygen atoms in total. The molecular formula is C19H30N2. The number of nitrogens with one attached hydrogen (secondary N) is 1. The first-order valence-electron chi connectivity index (χ1n) is 8.66. The lowest BCUT2D eigenvalue weighted by Crippen LogP contribution is -2.37. The van der Waals surface area contributed by atoms with Crippen molar-refractivity contribution in [2.24, 2.45) is 17.2 Å². The lowest BCUT2D eigenvalue weighted by Gasteiger charge is -2.39. The van der Waals surface area contributed by atoms with Gasteiger partial charge in [0.25, 0.3) is 0 Å². The standard InChI is InChI=1S/C19H30N2/c1-19(2)12-10-15(11-13-19)18(21-20)17-9-4-3-8-16(17)14-6-5-7-14/h3-4,8-9,14-15,18,21H,5-7,10-13,20H2,1-2H3. The van der Waals surface area contributed by atoms with Gasteiger partial charge in [-0.2, -0.15) is 0 Å². The fourth-order valence-corrected chi connectivity index (χ4v) is 4.12. The van der Waals surface area contributed by atoms with Gasteiger partial charge in [0.15, 0.2) is 0 Å². The first-order valence-corrected chi connectivity index (χ1v) is 8.66. The fourth-order valence-electron chi connectivity index (χ4n) is 4.12. The zero-order chi connectivity index (χ0) is 14.9. The fraction of sp³-hybridized carbons (Fsp3) is 0.684. The third-order valence-electron chi connectivity index (χ3n) is 5.91. The first-order chi connectivity index (χ1) is 10.1. The van der Waals surface area contributed by atoms with Crippen LogP contribution in [0.15, 0.2) is 24.3 Å². The Morgan fingerprint density at radius 2 is 1.76 bits per heavy atom. The highest BCUT2D eigenvalue weighted by molar-refractivity contribution is 5.34. The van der Waals surface area contributed by atoms with E-state index in [0.29, 0.717) is 17.4 Å². The van der Waals surface area contributed by atoms with Crippen molar-refractivity contribution in [2.45, 2.75) is 70.8 Å². The summed E-state index contributed by atoms with van der Waals surface area (Å²) < 4.78 is 0. The molecule has 1 aromatic rings. The largest absolute Gasteiger partial charge is 0.271 e. The monoisotopic (exact) mass is 286 g/mol. The van der Waals surface area contributed by atoms with Crippen molar-refractivity contribution < 1.29 is 0 Å². The Morgan fingerprint density at radius 1 is 1.10 bits per heavy atom. The summed E-state index contributed by atoms with van der Waals surface area (Å²) in [4.78, 5) is 0. The van der Waals surface area contributed by atoms with Crippen LogP contribution in [-0.4, -0.2) is 0 Å². The molecule has 2 aliphatic carbocycles. The van der Waals surface area contributed by atoms with E-state index in [9.17, 15) is 0 Å². The molecule has 0 bridgehead atoms. The van der Waals surface area contributed by atoms with Gasteiger partial charge in [0.05, 0.1) is 0 Å². The van der Waals surface area contributed by atoms with Crippen LogP contribution in [0.3, 0.4) is 0 Å². The minimum atomic E-state index is 0.331. The molecule has 2 aliphatic rings. The Kier molecular flexibility index (Phi) is 4.37. The van der Waals surface area contributed by atoms with Crippen LogP contribution >= 0.6 is 0 Å². The van der Waals surface area contributed by atoms with Gasteiger partial charge in [0.2, 0.25) is 0 Å². The Morgan fingerprint density at radius 3 is 2.33 bits per heavy atom. The lowest BCUT2D eigenvalue weighted by molar-refractivity contribution is 0.161. The highest BCUT2D eigenvalue weighted by atomic mass is 15.2. The van der Waals surface area contributed by atoms with Crippen LogP contribution in [0.4, 0.5) is 0 Å². The van der Waals surface area contributed by atoms with E-state index in [1.165, 1.54) is 50.5 Å². The summed E-state index contributed by atoms with van der Waals surface area (Å²) in [7, 11) is 0. The van der Waals surface area contributed by atoms with Crippen molar-refractivity contribution in [2.75, 3.05) is 0 Å². The summed E-state index contributed by atoms with van der Waals surface area (Å²) in [6, 6.07) is 9.33. The lowest BCUT2D eigenvalue weighted by atomic mass is 9.69. The van der Waals surface area contributed by atoms with Crippen molar-refractivity contribution in [1.82, 2.24) is 5.43 Å². The molecule has 0 radical (unpaired) electrons. The Hall–Kier alpha value is -0.860. The molecule has 2 saturated carbocycles. The Bertz CT molecular complexity index is 466. The molecule has 0 saturated heterocycles. The van der Waals surface area contributed by atoms with Crippen molar-refractivity contribution in [1.29, 1.82) is 0 Å². The predicted octanol–water partition coefficient (Wildman–Crippen LogP) is 4.67. The van der Waals surface area contributed by atoms with E-state index in [0.717, 1.165) is 5.92 Å². The normalized spacial score (nSPS) is 24.5. The van der Waals surface area contributed by atoms with Crippen molar-refractivity contribution in [3.8, 4) is 0 Å². The zero-order valence-corrected chi connectivity index (χ0v) is 13.6. The molecule has 116 valence electrons. The van der Waals surface area contributed by atoms with Gasteiger partial charge >= 0.3 is 0 Å². The maximum atomic E-state index is 5.98. The zero-order valence-electron chi connectivity index (χ0n) is 13.6. The molecule has 3 N–H and O–H groups in total. The number of benzene rings is 1. The number of hydrogen-bond acceptors (Lipinski definition) is 2. The number of rotatable bonds is 4. The Labute approximate surface area is 129 Å². The molecule has 0 heterocycles. The summed E-state index contributed by atoms with van der Waals surface area (Å²) in [5.74, 6) is 7.44. The van der Waals surface area contributed by atoms with Crippen molar-refractivity contribution in [3.05, 3.63) is 35.4 Å². The van der Waals surface area contributed by atoms with Gasteiger partial charge in [0.1, 0.15) is 0 Å². The van der Waals surface area contributed by atoms with Crippen LogP contribution in [0.25, 0.3) is 0 Å². The topological polar surface area (TPSA) is 38.0 Å². The van der Waals surface area contributed by atoms with Gasteiger partial charge in [-0.25, -0.2) is 0 Å². The van der Waals surface area contributed by atoms with E-state index < -0.39 is 0 Å². The molecule has 3 rings (SSSR count). The van der Waals surface area contributed by atoms with Crippen molar-refractivity contribution in [3.63, 3.8) is 0 Å². The molecule has 0 spiro atoms. The molecule has 21 heavy (non-hydrogen) atoms. The quantitative estimate of drug-likeness (QED) is 0.623. The highest BCUT2D eigenvalue weighted by Crippen LogP contribution is 2.45. The minimum Gasteiger partial charge on any atom is -0.271 e. The van der Waals surface area contributed by atoms with Gasteiger partial charge in [-0.1, -0.05) is 44.5 Å². The summed E-state index contributed by atoms with van der Waals surface area (Å²) >= 11 is 0. The Balaban J connectivity index is 1.80. The van der Waals surface area contributed by atoms with E-state index in [4.69, 9.17) is 5.84 Å². The van der Waals surface area contributed by atoms with Crippen molar-refractivity contribution >= 4 is 0 Å². The smallest absolute Gasteiger partial charge is 0.0490 e. The van der Waals surface area contributed by atoms with Gasteiger partial charge in [-0.3, -0.25) is 11.3 Å². The van der Waals surface area contributed by atoms with Crippen LogP contribution in [-0.2, 0) is 0 Å². The average Bonchev–Trinajstić information content (AvgIpc) is 2.41. The molecule has 1 unspecified atom stereocenters. The molecule has 0 aliphatic heterocycles. The van der Waals surface area contributed by atoms with E-state index in [-0.39, 0.29) is 0 Å². The van der Waals surface area contributed by atoms with Crippen LogP contribution in [0.2, 0.25) is 0 Å². The molecule has 0 aromatic heterocycles. The van der Waals surface area contributed by atoms with Crippen LogP contribution < -0.4 is 11.3 Å². The van der Waals surface area contributed by atoms with Gasteiger partial charge < -0.3 is 0 Å². The summed E-state index contributed by atoms with van der Waals surface area (Å²) in [6.07, 6.45) is 9.32. The molecule has 0 amide bonds. The third kappa shape index (κ3) is 3.17. The molecule has 2 fully saturated rings. The predicted molar refractivity (Wildman–Crippen MR) is 88.8 cm³/mol. The minimum absolute atomic E-state index is 0.331. The molecular weight excluding hydrogens is 256 g/mol. The van der Waals surface area contributed by atoms with Gasteiger partial charge in [-0.15, -0.1) is 0 Å². The molecule has 2 heteroatoms. The summed E-state index contributed by atoms with van der Waals surface area (Å²) in [5, 5.41) is 0. The number of hydrogen-bond donors (Lipinski definition) is 2. The first kappa shape index (κ1) is 15.1. The molecule has 1 atom stereocenters. The van der Waals surface area contributed by atoms with Gasteiger partial charge in [0, 0.05) is 6.04 Å². The summed E-state index contributed by atoms with van der Waals surface area (Å²) in [5.41, 5.74) is 6.70. The number of hydrazine groups is 1. The average molecular weight is 286 g/mol. The molecule has 1 aromatic carbocycles. The van der Waals surface area contributed by atoms with E-state index in [1.807, 2.05) is 0 Å². The maximum Gasteiger partial charge on any atom is 0.0490 e. The van der Waals surface area contributed by atoms with Crippen LogP contribution in [0.1, 0.15) is 81.9 Å². The van der Waals surface area contributed by atoms with Gasteiger partial charge in [-0.05, 0) is 66.9 Å². The number of nitrogens with two attached hydrogens (primary N) is 1. The third-order valence-corrected chi connectivity index (χ3v) is 5.91. The van der Waals surface area contributed by atoms with E-state index in [1.54, 1.807) is 5.56 Å². The van der Waals surface area contributed by atoms with Crippen LogP contribution in [0, 0.1) is 11.3 Å². The second kappa shape index (κ2) is 6.10. The second-order valence-corrected chi connectivity index (χ2v) is 7.90.